The minimum atomic E-state index is -1.40. The first-order valence-corrected chi connectivity index (χ1v) is 10.5. The first-order chi connectivity index (χ1) is 13.1. The van der Waals surface area contributed by atoms with Gasteiger partial charge in [0.1, 0.15) is 6.67 Å². The van der Waals surface area contributed by atoms with Crippen LogP contribution in [0.1, 0.15) is 60.3 Å². The number of hydrogen-bond donors (Lipinski definition) is 0. The fourth-order valence-corrected chi connectivity index (χ4v) is 5.68. The van der Waals surface area contributed by atoms with Crippen molar-refractivity contribution in [3.8, 4) is 12.3 Å². The zero-order chi connectivity index (χ0) is 20.4. The van der Waals surface area contributed by atoms with Crippen molar-refractivity contribution >= 4 is 0 Å². The summed E-state index contributed by atoms with van der Waals surface area (Å²) in [5.74, 6) is 0.898. The molecule has 0 amide bonds. The Morgan fingerprint density at radius 1 is 1.14 bits per heavy atom. The zero-order valence-corrected chi connectivity index (χ0v) is 17.6. The standard InChI is InChI=1S/C22H33FO5/c1-7-19(4,5)13-24-21(12-23)15(3)17-9-8-14(2)16-10-11-20(6)25-18(26-21)22(16,17)28-27-20/h1,14-18H,8-13H2,2-6H3/t14-,15-,16+,17+,18+,20+,21+,22-/m1/s1. The van der Waals surface area contributed by atoms with Crippen LogP contribution in [0.4, 0.5) is 4.39 Å². The number of halogens is 1. The van der Waals surface area contributed by atoms with Crippen LogP contribution in [0, 0.1) is 41.4 Å². The number of terminal acetylenes is 1. The van der Waals surface area contributed by atoms with Crippen molar-refractivity contribution in [3.63, 3.8) is 0 Å². The third-order valence-corrected chi connectivity index (χ3v) is 7.63. The lowest BCUT2D eigenvalue weighted by Gasteiger charge is -2.62. The minimum Gasteiger partial charge on any atom is -0.346 e. The maximum Gasteiger partial charge on any atom is 0.202 e. The summed E-state index contributed by atoms with van der Waals surface area (Å²) in [6.07, 6.45) is 8.49. The first kappa shape index (κ1) is 20.6. The lowest BCUT2D eigenvalue weighted by atomic mass is 9.57. The van der Waals surface area contributed by atoms with Crippen molar-refractivity contribution < 1.29 is 28.4 Å². The molecule has 4 heterocycles. The lowest BCUT2D eigenvalue weighted by molar-refractivity contribution is -0.587. The van der Waals surface area contributed by atoms with Crippen LogP contribution in [0.15, 0.2) is 0 Å². The maximum atomic E-state index is 14.5. The molecule has 0 aromatic carbocycles. The number of fused-ring (bicyclic) bond motifs is 2. The van der Waals surface area contributed by atoms with Gasteiger partial charge in [-0.15, -0.1) is 6.42 Å². The predicted octanol–water partition coefficient (Wildman–Crippen LogP) is 4.21. The SMILES string of the molecule is C#CC(C)(C)CO[C@@]1(CF)O[C@@H]2O[C@]3(C)CC[C@H]4[C@H](C)CC[C@@H]([C@H]1C)[C@@]24OO3. The normalized spacial score (nSPS) is 50.5. The molecule has 0 aromatic rings. The lowest BCUT2D eigenvalue weighted by Crippen LogP contribution is -2.74. The topological polar surface area (TPSA) is 46.2 Å². The highest BCUT2D eigenvalue weighted by Crippen LogP contribution is 2.62. The minimum absolute atomic E-state index is 0.0137. The van der Waals surface area contributed by atoms with Crippen LogP contribution in [0.5, 0.6) is 0 Å². The Bertz CT molecular complexity index is 662. The van der Waals surface area contributed by atoms with Gasteiger partial charge < -0.3 is 14.2 Å². The molecule has 1 spiro atoms. The summed E-state index contributed by atoms with van der Waals surface area (Å²) in [4.78, 5) is 11.9. The molecule has 1 aliphatic carbocycles. The largest absolute Gasteiger partial charge is 0.346 e. The Hall–Kier alpha value is -0.710. The second-order valence-electron chi connectivity index (χ2n) is 10.1. The molecule has 5 aliphatic rings. The van der Waals surface area contributed by atoms with Gasteiger partial charge in [-0.2, -0.15) is 0 Å². The van der Waals surface area contributed by atoms with Crippen LogP contribution in [0.25, 0.3) is 0 Å². The van der Waals surface area contributed by atoms with E-state index in [-0.39, 0.29) is 24.4 Å². The molecule has 4 saturated heterocycles. The van der Waals surface area contributed by atoms with Crippen molar-refractivity contribution in [2.24, 2.45) is 29.1 Å². The Morgan fingerprint density at radius 2 is 1.89 bits per heavy atom. The highest BCUT2D eigenvalue weighted by molar-refractivity contribution is 5.11. The van der Waals surface area contributed by atoms with Gasteiger partial charge >= 0.3 is 0 Å². The summed E-state index contributed by atoms with van der Waals surface area (Å²) < 4.78 is 33.3. The van der Waals surface area contributed by atoms with Gasteiger partial charge in [0.05, 0.1) is 6.61 Å². The van der Waals surface area contributed by atoms with Crippen LogP contribution in [-0.4, -0.2) is 36.7 Å². The molecule has 6 heteroatoms. The monoisotopic (exact) mass is 396 g/mol. The molecule has 0 radical (unpaired) electrons. The number of alkyl halides is 1. The zero-order valence-electron chi connectivity index (χ0n) is 17.6. The van der Waals surface area contributed by atoms with Crippen LogP contribution >= 0.6 is 0 Å². The second kappa shape index (κ2) is 6.65. The van der Waals surface area contributed by atoms with Crippen LogP contribution < -0.4 is 0 Å². The van der Waals surface area contributed by atoms with Gasteiger partial charge in [0, 0.05) is 23.7 Å². The van der Waals surface area contributed by atoms with Crippen molar-refractivity contribution in [1.29, 1.82) is 0 Å². The van der Waals surface area contributed by atoms with E-state index in [1.165, 1.54) is 0 Å². The van der Waals surface area contributed by atoms with Crippen LogP contribution in [0.2, 0.25) is 0 Å². The smallest absolute Gasteiger partial charge is 0.202 e. The highest BCUT2D eigenvalue weighted by atomic mass is 19.1. The average Bonchev–Trinajstić information content (AvgIpc) is 2.90. The predicted molar refractivity (Wildman–Crippen MR) is 100 cm³/mol. The molecule has 4 aliphatic heterocycles. The van der Waals surface area contributed by atoms with Gasteiger partial charge in [-0.25, -0.2) is 14.2 Å². The fraction of sp³-hybridized carbons (Fsp3) is 0.909. The van der Waals surface area contributed by atoms with Crippen molar-refractivity contribution in [3.05, 3.63) is 0 Å². The van der Waals surface area contributed by atoms with E-state index in [0.717, 1.165) is 25.7 Å². The van der Waals surface area contributed by atoms with Crippen molar-refractivity contribution in [1.82, 2.24) is 0 Å². The molecule has 28 heavy (non-hydrogen) atoms. The maximum absolute atomic E-state index is 14.5. The molecule has 0 aromatic heterocycles. The van der Waals surface area contributed by atoms with E-state index < -0.39 is 35.6 Å². The van der Waals surface area contributed by atoms with Gasteiger partial charge in [0.2, 0.25) is 11.6 Å². The molecule has 158 valence electrons. The van der Waals surface area contributed by atoms with E-state index in [1.54, 1.807) is 0 Å². The molecule has 0 unspecified atom stereocenters. The van der Waals surface area contributed by atoms with E-state index in [4.69, 9.17) is 30.4 Å². The molecular formula is C22H33FO5. The van der Waals surface area contributed by atoms with E-state index in [9.17, 15) is 4.39 Å². The number of hydrogen-bond acceptors (Lipinski definition) is 5. The number of ether oxygens (including phenoxy) is 3. The fourth-order valence-electron chi connectivity index (χ4n) is 5.68. The summed E-state index contributed by atoms with van der Waals surface area (Å²) >= 11 is 0. The van der Waals surface area contributed by atoms with Crippen LogP contribution in [0.3, 0.4) is 0 Å². The molecule has 5 nitrogen and oxygen atoms in total. The van der Waals surface area contributed by atoms with Gasteiger partial charge in [0.15, 0.2) is 11.9 Å². The first-order valence-electron chi connectivity index (χ1n) is 10.5. The number of rotatable bonds is 4. The molecule has 5 rings (SSSR count). The van der Waals surface area contributed by atoms with Crippen LogP contribution in [-0.2, 0) is 24.0 Å². The summed E-state index contributed by atoms with van der Waals surface area (Å²) in [6, 6.07) is 0. The molecule has 5 fully saturated rings. The van der Waals surface area contributed by atoms with Crippen molar-refractivity contribution in [2.45, 2.75) is 83.8 Å². The summed E-state index contributed by atoms with van der Waals surface area (Å²) in [7, 11) is 0. The van der Waals surface area contributed by atoms with E-state index in [0.29, 0.717) is 5.92 Å². The van der Waals surface area contributed by atoms with Crippen molar-refractivity contribution in [2.75, 3.05) is 13.3 Å². The quantitative estimate of drug-likeness (QED) is 0.526. The van der Waals surface area contributed by atoms with Gasteiger partial charge in [-0.1, -0.05) is 19.8 Å². The average molecular weight is 396 g/mol. The highest BCUT2D eigenvalue weighted by Gasteiger charge is 2.72. The van der Waals surface area contributed by atoms with E-state index in [1.807, 2.05) is 27.7 Å². The molecule has 0 N–H and O–H groups in total. The third-order valence-electron chi connectivity index (χ3n) is 7.63. The van der Waals surface area contributed by atoms with Gasteiger partial charge in [-0.05, 0) is 51.9 Å². The summed E-state index contributed by atoms with van der Waals surface area (Å²) in [6.45, 7) is 9.34. The molecular weight excluding hydrogens is 363 g/mol. The van der Waals surface area contributed by atoms with E-state index in [2.05, 4.69) is 12.8 Å². The Labute approximate surface area is 167 Å². The molecule has 8 atom stereocenters. The second-order valence-corrected chi connectivity index (χ2v) is 10.1. The Kier molecular flexibility index (Phi) is 4.88. The Morgan fingerprint density at radius 3 is 2.57 bits per heavy atom. The van der Waals surface area contributed by atoms with Gasteiger partial charge in [-0.3, -0.25) is 0 Å². The van der Waals surface area contributed by atoms with E-state index >= 15 is 0 Å². The molecule has 2 bridgehead atoms. The summed E-state index contributed by atoms with van der Waals surface area (Å²) in [5.41, 5.74) is -1.24. The third kappa shape index (κ3) is 2.86. The molecule has 1 saturated carbocycles. The van der Waals surface area contributed by atoms with Gasteiger partial charge in [0.25, 0.3) is 0 Å². The Balaban J connectivity index is 1.72. The summed E-state index contributed by atoms with van der Waals surface area (Å²) in [5, 5.41) is 0.